The fourth-order valence-electron chi connectivity index (χ4n) is 1.85. The molecule has 20 heavy (non-hydrogen) atoms. The summed E-state index contributed by atoms with van der Waals surface area (Å²) in [6.07, 6.45) is 1.37. The third kappa shape index (κ3) is 3.44. The molecule has 1 aliphatic heterocycles. The Hall–Kier alpha value is -2.17. The van der Waals surface area contributed by atoms with Gasteiger partial charge in [0.2, 0.25) is 0 Å². The van der Waals surface area contributed by atoms with Crippen LogP contribution in [0.25, 0.3) is 6.08 Å². The molecule has 1 amide bonds. The Balaban J connectivity index is 2.12. The number of ether oxygens (including phenoxy) is 3. The zero-order chi connectivity index (χ0) is 14.8. The second-order valence-electron chi connectivity index (χ2n) is 5.46. The molecular formula is C15H19NO4. The van der Waals surface area contributed by atoms with Crippen molar-refractivity contribution in [1.82, 2.24) is 5.32 Å². The molecule has 5 nitrogen and oxygen atoms in total. The second kappa shape index (κ2) is 5.45. The lowest BCUT2D eigenvalue weighted by Gasteiger charge is -2.23. The van der Waals surface area contributed by atoms with Gasteiger partial charge >= 0.3 is 6.09 Å². The van der Waals surface area contributed by atoms with Crippen molar-refractivity contribution in [3.05, 3.63) is 29.5 Å². The average molecular weight is 277 g/mol. The number of fused-ring (bicyclic) bond motifs is 1. The number of hydrogen-bond acceptors (Lipinski definition) is 4. The van der Waals surface area contributed by atoms with Crippen LogP contribution in [-0.4, -0.2) is 25.4 Å². The highest BCUT2D eigenvalue weighted by atomic mass is 16.6. The lowest BCUT2D eigenvalue weighted by atomic mass is 10.1. The summed E-state index contributed by atoms with van der Waals surface area (Å²) < 4.78 is 16.1. The Morgan fingerprint density at radius 3 is 2.75 bits per heavy atom. The Morgan fingerprint density at radius 1 is 1.35 bits per heavy atom. The number of rotatable bonds is 2. The molecule has 0 unspecified atom stereocenters. The summed E-state index contributed by atoms with van der Waals surface area (Å²) in [7, 11) is 1.59. The van der Waals surface area contributed by atoms with Crippen molar-refractivity contribution < 1.29 is 19.0 Å². The van der Waals surface area contributed by atoms with Crippen LogP contribution in [0.1, 0.15) is 26.3 Å². The van der Waals surface area contributed by atoms with E-state index in [9.17, 15) is 4.79 Å². The fourth-order valence-corrected chi connectivity index (χ4v) is 1.85. The van der Waals surface area contributed by atoms with E-state index in [1.165, 1.54) is 0 Å². The summed E-state index contributed by atoms with van der Waals surface area (Å²) in [6.45, 7) is 5.72. The van der Waals surface area contributed by atoms with Gasteiger partial charge in [0.25, 0.3) is 0 Å². The minimum atomic E-state index is -0.526. The lowest BCUT2D eigenvalue weighted by Crippen LogP contribution is -2.34. The summed E-state index contributed by atoms with van der Waals surface area (Å²) in [5, 5.41) is 2.69. The SMILES string of the molecule is COc1cccc2c1OCC(NC(=O)OC(C)(C)C)=C2. The molecule has 1 heterocycles. The normalized spacial score (nSPS) is 13.7. The Morgan fingerprint density at radius 2 is 2.10 bits per heavy atom. The van der Waals surface area contributed by atoms with Crippen LogP contribution in [0.2, 0.25) is 0 Å². The van der Waals surface area contributed by atoms with Gasteiger partial charge in [-0.25, -0.2) is 4.79 Å². The van der Waals surface area contributed by atoms with Crippen molar-refractivity contribution in [2.75, 3.05) is 13.7 Å². The van der Waals surface area contributed by atoms with Crippen LogP contribution < -0.4 is 14.8 Å². The van der Waals surface area contributed by atoms with E-state index in [-0.39, 0.29) is 6.61 Å². The minimum Gasteiger partial charge on any atom is -0.493 e. The zero-order valence-corrected chi connectivity index (χ0v) is 12.1. The number of nitrogens with one attached hydrogen (secondary N) is 1. The van der Waals surface area contributed by atoms with Crippen LogP contribution >= 0.6 is 0 Å². The highest BCUT2D eigenvalue weighted by molar-refractivity contribution is 5.74. The molecule has 5 heteroatoms. The highest BCUT2D eigenvalue weighted by Gasteiger charge is 2.20. The van der Waals surface area contributed by atoms with E-state index in [0.29, 0.717) is 17.2 Å². The molecule has 0 aromatic heterocycles. The monoisotopic (exact) mass is 277 g/mol. The first-order chi connectivity index (χ1) is 9.39. The lowest BCUT2D eigenvalue weighted by molar-refractivity contribution is 0.0540. The number of carbonyl (C=O) groups is 1. The molecule has 1 aliphatic rings. The van der Waals surface area contributed by atoms with Gasteiger partial charge in [-0.15, -0.1) is 0 Å². The Kier molecular flexibility index (Phi) is 3.88. The fraction of sp³-hybridized carbons (Fsp3) is 0.400. The summed E-state index contributed by atoms with van der Waals surface area (Å²) in [5.41, 5.74) is 0.989. The predicted octanol–water partition coefficient (Wildman–Crippen LogP) is 2.95. The van der Waals surface area contributed by atoms with E-state index in [0.717, 1.165) is 5.56 Å². The largest absolute Gasteiger partial charge is 0.493 e. The summed E-state index contributed by atoms with van der Waals surface area (Å²) in [4.78, 5) is 11.7. The van der Waals surface area contributed by atoms with Crippen LogP contribution in [0, 0.1) is 0 Å². The maximum Gasteiger partial charge on any atom is 0.412 e. The summed E-state index contributed by atoms with van der Waals surface area (Å²) in [6, 6.07) is 5.60. The Bertz CT molecular complexity index is 543. The summed E-state index contributed by atoms with van der Waals surface area (Å²) >= 11 is 0. The van der Waals surface area contributed by atoms with Gasteiger partial charge in [0, 0.05) is 5.56 Å². The van der Waals surface area contributed by atoms with Crippen LogP contribution in [0.3, 0.4) is 0 Å². The van der Waals surface area contributed by atoms with E-state index >= 15 is 0 Å². The van der Waals surface area contributed by atoms with Gasteiger partial charge in [-0.2, -0.15) is 0 Å². The third-order valence-electron chi connectivity index (χ3n) is 2.59. The number of amides is 1. The molecule has 0 bridgehead atoms. The standard InChI is InChI=1S/C15H19NO4/c1-15(2,3)20-14(17)16-11-8-10-6-5-7-12(18-4)13(10)19-9-11/h5-8H,9H2,1-4H3,(H,16,17). The van der Waals surface area contributed by atoms with E-state index in [4.69, 9.17) is 14.2 Å². The van der Waals surface area contributed by atoms with Gasteiger partial charge in [0.1, 0.15) is 12.2 Å². The smallest absolute Gasteiger partial charge is 0.412 e. The van der Waals surface area contributed by atoms with Crippen molar-refractivity contribution in [2.24, 2.45) is 0 Å². The van der Waals surface area contributed by atoms with Gasteiger partial charge in [0.15, 0.2) is 11.5 Å². The quantitative estimate of drug-likeness (QED) is 0.903. The number of methoxy groups -OCH3 is 1. The van der Waals surface area contributed by atoms with E-state index in [1.807, 2.05) is 45.0 Å². The second-order valence-corrected chi connectivity index (χ2v) is 5.46. The molecule has 0 saturated carbocycles. The number of alkyl carbamates (subject to hydrolysis) is 1. The molecule has 1 aromatic rings. The first-order valence-electron chi connectivity index (χ1n) is 6.39. The number of benzene rings is 1. The van der Waals surface area contributed by atoms with Crippen molar-refractivity contribution >= 4 is 12.2 Å². The van der Waals surface area contributed by atoms with Gasteiger partial charge in [0.05, 0.1) is 12.8 Å². The molecule has 2 rings (SSSR count). The Labute approximate surface area is 118 Å². The van der Waals surface area contributed by atoms with Gasteiger partial charge in [-0.05, 0) is 32.9 Å². The maximum atomic E-state index is 11.7. The van der Waals surface area contributed by atoms with E-state index in [1.54, 1.807) is 7.11 Å². The highest BCUT2D eigenvalue weighted by Crippen LogP contribution is 2.34. The van der Waals surface area contributed by atoms with Crippen LogP contribution in [-0.2, 0) is 4.74 Å². The summed E-state index contributed by atoms with van der Waals surface area (Å²) in [5.74, 6) is 1.36. The molecule has 0 aliphatic carbocycles. The van der Waals surface area contributed by atoms with Crippen molar-refractivity contribution in [3.63, 3.8) is 0 Å². The number of hydrogen-bond donors (Lipinski definition) is 1. The zero-order valence-electron chi connectivity index (χ0n) is 12.1. The van der Waals surface area contributed by atoms with Gasteiger partial charge in [-0.1, -0.05) is 12.1 Å². The van der Waals surface area contributed by atoms with E-state index in [2.05, 4.69) is 5.32 Å². The number of carbonyl (C=O) groups excluding carboxylic acids is 1. The third-order valence-corrected chi connectivity index (χ3v) is 2.59. The molecular weight excluding hydrogens is 258 g/mol. The molecule has 1 N–H and O–H groups in total. The minimum absolute atomic E-state index is 0.270. The first kappa shape index (κ1) is 14.2. The first-order valence-corrected chi connectivity index (χ1v) is 6.39. The molecule has 0 atom stereocenters. The van der Waals surface area contributed by atoms with Gasteiger partial charge in [-0.3, -0.25) is 5.32 Å². The van der Waals surface area contributed by atoms with Crippen molar-refractivity contribution in [3.8, 4) is 11.5 Å². The maximum absolute atomic E-state index is 11.7. The predicted molar refractivity (Wildman–Crippen MR) is 75.8 cm³/mol. The molecule has 0 radical (unpaired) electrons. The molecule has 0 fully saturated rings. The molecule has 0 spiro atoms. The topological polar surface area (TPSA) is 56.8 Å². The average Bonchev–Trinajstić information content (AvgIpc) is 2.35. The van der Waals surface area contributed by atoms with E-state index < -0.39 is 11.7 Å². The van der Waals surface area contributed by atoms with Crippen LogP contribution in [0.4, 0.5) is 4.79 Å². The molecule has 108 valence electrons. The van der Waals surface area contributed by atoms with Crippen LogP contribution in [0.5, 0.6) is 11.5 Å². The molecule has 1 aromatic carbocycles. The number of para-hydroxylation sites is 1. The van der Waals surface area contributed by atoms with Gasteiger partial charge < -0.3 is 14.2 Å². The molecule has 0 saturated heterocycles. The van der Waals surface area contributed by atoms with Crippen LogP contribution in [0.15, 0.2) is 23.9 Å². The van der Waals surface area contributed by atoms with Crippen molar-refractivity contribution in [1.29, 1.82) is 0 Å². The van der Waals surface area contributed by atoms with Crippen molar-refractivity contribution in [2.45, 2.75) is 26.4 Å².